The average molecular weight is 347 g/mol. The molecule has 0 aliphatic heterocycles. The van der Waals surface area contributed by atoms with Crippen molar-refractivity contribution < 1.29 is 29.4 Å². The number of carbonyl (C=O) groups excluding carboxylic acids is 1. The van der Waals surface area contributed by atoms with E-state index < -0.39 is 5.97 Å². The minimum atomic E-state index is -0.914. The molecule has 0 aliphatic rings. The van der Waals surface area contributed by atoms with E-state index >= 15 is 0 Å². The van der Waals surface area contributed by atoms with E-state index in [0.29, 0.717) is 0 Å². The third-order valence-electron chi connectivity index (χ3n) is 3.64. The zero-order valence-corrected chi connectivity index (χ0v) is 17.0. The summed E-state index contributed by atoms with van der Waals surface area (Å²) in [5.41, 5.74) is 0. The summed E-state index contributed by atoms with van der Waals surface area (Å²) in [6, 6.07) is 0. The van der Waals surface area contributed by atoms with Crippen LogP contribution < -0.4 is 5.11 Å². The summed E-state index contributed by atoms with van der Waals surface area (Å²) in [6.45, 7) is 2.26. The smallest absolute Gasteiger partial charge is 0.550 e. The van der Waals surface area contributed by atoms with Crippen LogP contribution in [-0.4, -0.2) is 5.97 Å². The summed E-state index contributed by atoms with van der Waals surface area (Å²) < 4.78 is 0. The van der Waals surface area contributed by atoms with E-state index in [1.807, 2.05) is 0 Å². The molecule has 118 valence electrons. The third-order valence-corrected chi connectivity index (χ3v) is 3.64. The van der Waals surface area contributed by atoms with Gasteiger partial charge in [-0.2, -0.15) is 0 Å². The zero-order valence-electron chi connectivity index (χ0n) is 14.1. The van der Waals surface area contributed by atoms with E-state index in [2.05, 4.69) is 19.1 Å². The number of hydrogen-bond acceptors (Lipinski definition) is 2. The van der Waals surface area contributed by atoms with Crippen molar-refractivity contribution in [2.45, 2.75) is 96.8 Å². The summed E-state index contributed by atoms with van der Waals surface area (Å²) in [4.78, 5) is 10.2. The van der Waals surface area contributed by atoms with E-state index in [0.717, 1.165) is 19.3 Å². The molecule has 0 amide bonds. The van der Waals surface area contributed by atoms with Gasteiger partial charge in [-0.3, -0.25) is 0 Å². The first-order valence-electron chi connectivity index (χ1n) is 8.62. The van der Waals surface area contributed by atoms with Gasteiger partial charge in [0.25, 0.3) is 0 Å². The molecule has 0 aromatic heterocycles. The van der Waals surface area contributed by atoms with Crippen molar-refractivity contribution in [3.63, 3.8) is 0 Å². The molecule has 0 N–H and O–H groups in total. The number of carboxylic acid groups (broad SMARTS) is 1. The van der Waals surface area contributed by atoms with Crippen molar-refractivity contribution >= 4 is 5.97 Å². The number of unbranched alkanes of at least 4 members (excludes halogenated alkanes) is 11. The molecule has 0 rings (SSSR count). The van der Waals surface area contributed by atoms with Gasteiger partial charge in [-0.25, -0.2) is 0 Å². The summed E-state index contributed by atoms with van der Waals surface area (Å²) in [5.74, 6) is -0.914. The monoisotopic (exact) mass is 345 g/mol. The second kappa shape index (κ2) is 19.8. The number of hydrogen-bond donors (Lipinski definition) is 0. The quantitative estimate of drug-likeness (QED) is 0.243. The Labute approximate surface area is 144 Å². The van der Waals surface area contributed by atoms with Gasteiger partial charge >= 0.3 is 19.5 Å². The standard InChI is InChI=1S/C18H34O2.Zn/c1-2-3-4-5-6-7-8-9-10-11-12-13-14-15-16-17-18(19)20;/h9-10H,2-8,11-17H2,1H3,(H,19,20);/q;+2/p-1/b10-9-;. The summed E-state index contributed by atoms with van der Waals surface area (Å²) in [6.07, 6.45) is 20.9. The molecule has 0 atom stereocenters. The fraction of sp³-hybridized carbons (Fsp3) is 0.833. The Kier molecular flexibility index (Phi) is 21.8. The first-order chi connectivity index (χ1) is 9.77. The molecule has 0 saturated heterocycles. The molecule has 0 bridgehead atoms. The van der Waals surface area contributed by atoms with Gasteiger partial charge < -0.3 is 9.90 Å². The van der Waals surface area contributed by atoms with Crippen LogP contribution in [0.3, 0.4) is 0 Å². The maximum Gasteiger partial charge on any atom is 2.00 e. The molecule has 0 saturated carbocycles. The summed E-state index contributed by atoms with van der Waals surface area (Å²) >= 11 is 0. The van der Waals surface area contributed by atoms with E-state index in [-0.39, 0.29) is 25.9 Å². The van der Waals surface area contributed by atoms with E-state index in [9.17, 15) is 9.90 Å². The SMILES string of the molecule is CCCCCCCC/C=C\CCCCCCCC(=O)[O-].[Zn+2]. The Hall–Kier alpha value is -0.167. The molecule has 21 heavy (non-hydrogen) atoms. The van der Waals surface area contributed by atoms with Crippen molar-refractivity contribution in [3.8, 4) is 0 Å². The van der Waals surface area contributed by atoms with Crippen LogP contribution in [0.1, 0.15) is 96.8 Å². The molecule has 0 aliphatic carbocycles. The van der Waals surface area contributed by atoms with Crippen LogP contribution in [-0.2, 0) is 24.3 Å². The van der Waals surface area contributed by atoms with Crippen LogP contribution in [0.25, 0.3) is 0 Å². The van der Waals surface area contributed by atoms with Crippen molar-refractivity contribution in [3.05, 3.63) is 12.2 Å². The predicted molar refractivity (Wildman–Crippen MR) is 84.5 cm³/mol. The molecule has 2 nitrogen and oxygen atoms in total. The molecular formula is C18H33O2Zn+. The number of rotatable bonds is 15. The maximum atomic E-state index is 10.2. The summed E-state index contributed by atoms with van der Waals surface area (Å²) in [7, 11) is 0. The first-order valence-corrected chi connectivity index (χ1v) is 8.62. The number of carbonyl (C=O) groups is 1. The third kappa shape index (κ3) is 22.3. The summed E-state index contributed by atoms with van der Waals surface area (Å²) in [5, 5.41) is 10.2. The fourth-order valence-electron chi connectivity index (χ4n) is 2.34. The molecule has 0 spiro atoms. The average Bonchev–Trinajstić information content (AvgIpc) is 2.43. The van der Waals surface area contributed by atoms with Crippen LogP contribution in [0.5, 0.6) is 0 Å². The van der Waals surface area contributed by atoms with Gasteiger partial charge in [0.1, 0.15) is 0 Å². The Morgan fingerprint density at radius 3 is 1.67 bits per heavy atom. The molecule has 3 heteroatoms. The van der Waals surface area contributed by atoms with E-state index in [1.165, 1.54) is 64.2 Å². The van der Waals surface area contributed by atoms with E-state index in [4.69, 9.17) is 0 Å². The van der Waals surface area contributed by atoms with Gasteiger partial charge in [0, 0.05) is 5.97 Å². The Morgan fingerprint density at radius 1 is 0.762 bits per heavy atom. The second-order valence-electron chi connectivity index (χ2n) is 5.71. The predicted octanol–water partition coefficient (Wildman–Crippen LogP) is 4.77. The van der Waals surface area contributed by atoms with Gasteiger partial charge in [-0.15, -0.1) is 0 Å². The topological polar surface area (TPSA) is 40.1 Å². The zero-order chi connectivity index (χ0) is 14.9. The van der Waals surface area contributed by atoms with Crippen LogP contribution in [0, 0.1) is 0 Å². The number of aliphatic carboxylic acids is 1. The van der Waals surface area contributed by atoms with Crippen LogP contribution in [0.4, 0.5) is 0 Å². The second-order valence-corrected chi connectivity index (χ2v) is 5.71. The molecular weight excluding hydrogens is 314 g/mol. The minimum absolute atomic E-state index is 0. The Bertz CT molecular complexity index is 239. The molecule has 0 fully saturated rings. The van der Waals surface area contributed by atoms with Crippen LogP contribution in [0.15, 0.2) is 12.2 Å². The van der Waals surface area contributed by atoms with Gasteiger partial charge in [-0.05, 0) is 38.5 Å². The van der Waals surface area contributed by atoms with Gasteiger partial charge in [0.2, 0.25) is 0 Å². The molecule has 0 heterocycles. The van der Waals surface area contributed by atoms with Gasteiger partial charge in [0.15, 0.2) is 0 Å². The van der Waals surface area contributed by atoms with Crippen LogP contribution in [0.2, 0.25) is 0 Å². The van der Waals surface area contributed by atoms with Gasteiger partial charge in [-0.1, -0.05) is 70.4 Å². The fourth-order valence-corrected chi connectivity index (χ4v) is 2.34. The van der Waals surface area contributed by atoms with E-state index in [1.54, 1.807) is 0 Å². The molecule has 0 aromatic rings. The Balaban J connectivity index is 0. The van der Waals surface area contributed by atoms with Crippen molar-refractivity contribution in [2.75, 3.05) is 0 Å². The minimum Gasteiger partial charge on any atom is -0.550 e. The normalized spacial score (nSPS) is 10.7. The number of carboxylic acids is 1. The van der Waals surface area contributed by atoms with Crippen molar-refractivity contribution in [2.24, 2.45) is 0 Å². The van der Waals surface area contributed by atoms with Gasteiger partial charge in [0.05, 0.1) is 0 Å². The van der Waals surface area contributed by atoms with Crippen molar-refractivity contribution in [1.29, 1.82) is 0 Å². The number of allylic oxidation sites excluding steroid dienone is 2. The molecule has 0 radical (unpaired) electrons. The first kappa shape index (κ1) is 23.1. The molecule has 0 unspecified atom stereocenters. The Morgan fingerprint density at radius 2 is 1.19 bits per heavy atom. The molecule has 0 aromatic carbocycles. The largest absolute Gasteiger partial charge is 2.00 e. The maximum absolute atomic E-state index is 10.2. The van der Waals surface area contributed by atoms with Crippen LogP contribution >= 0.6 is 0 Å². The van der Waals surface area contributed by atoms with Crippen molar-refractivity contribution in [1.82, 2.24) is 0 Å².